The Balaban J connectivity index is 2.11. The molecule has 0 unspecified atom stereocenters. The zero-order chi connectivity index (χ0) is 11.5. The van der Waals surface area contributed by atoms with Crippen molar-refractivity contribution in [3.8, 4) is 0 Å². The highest BCUT2D eigenvalue weighted by atomic mass is 19.1. The van der Waals surface area contributed by atoms with Crippen LogP contribution < -0.4 is 0 Å². The molecule has 0 bridgehead atoms. The van der Waals surface area contributed by atoms with E-state index in [1.165, 1.54) is 6.20 Å². The summed E-state index contributed by atoms with van der Waals surface area (Å²) in [6.45, 7) is 0. The average Bonchev–Trinajstić information content (AvgIpc) is 2.68. The molecule has 0 fully saturated rings. The number of aromatic nitrogens is 2. The van der Waals surface area contributed by atoms with Crippen LogP contribution in [0.15, 0.2) is 24.0 Å². The number of carbonyl (C=O) groups is 1. The molecule has 0 amide bonds. The van der Waals surface area contributed by atoms with Crippen LogP contribution in [0.4, 0.5) is 4.39 Å². The quantitative estimate of drug-likeness (QED) is 0.724. The molecule has 0 aromatic carbocycles. The first-order chi connectivity index (χ1) is 7.68. The fourth-order valence-corrected chi connectivity index (χ4v) is 1.67. The first kappa shape index (κ1) is 10.9. The number of carbonyl (C=O) groups excluding carboxylic acids is 1. The predicted molar refractivity (Wildman–Crippen MR) is 55.2 cm³/mol. The number of allylic oxidation sites excluding steroid dienone is 2. The summed E-state index contributed by atoms with van der Waals surface area (Å²) in [6.07, 6.45) is 5.67. The van der Waals surface area contributed by atoms with Crippen LogP contribution in [0.5, 0.6) is 0 Å². The Kier molecular flexibility index (Phi) is 3.03. The third-order valence-electron chi connectivity index (χ3n) is 2.57. The lowest BCUT2D eigenvalue weighted by Gasteiger charge is -2.14. The number of ether oxygens (including phenoxy) is 1. The molecule has 86 valence electrons. The van der Waals surface area contributed by atoms with Crippen molar-refractivity contribution in [3.05, 3.63) is 29.8 Å². The second kappa shape index (κ2) is 4.47. The molecule has 16 heavy (non-hydrogen) atoms. The van der Waals surface area contributed by atoms with Crippen LogP contribution >= 0.6 is 0 Å². The number of esters is 1. The van der Waals surface area contributed by atoms with Gasteiger partial charge in [0, 0.05) is 32.3 Å². The molecule has 4 nitrogen and oxygen atoms in total. The van der Waals surface area contributed by atoms with Gasteiger partial charge in [0.1, 0.15) is 11.6 Å². The predicted octanol–water partition coefficient (Wildman–Crippen LogP) is 2.33. The normalized spacial score (nSPS) is 16.4. The van der Waals surface area contributed by atoms with Gasteiger partial charge in [-0.2, -0.15) is 0 Å². The van der Waals surface area contributed by atoms with Gasteiger partial charge in [-0.15, -0.1) is 0 Å². The van der Waals surface area contributed by atoms with Crippen molar-refractivity contribution in [1.29, 1.82) is 0 Å². The largest absolute Gasteiger partial charge is 0.422 e. The molecule has 0 saturated carbocycles. The molecule has 1 heterocycles. The van der Waals surface area contributed by atoms with Gasteiger partial charge in [0.05, 0.1) is 0 Å². The molecule has 1 aromatic heterocycles. The van der Waals surface area contributed by atoms with Gasteiger partial charge in [-0.1, -0.05) is 0 Å². The number of imidazole rings is 1. The third-order valence-corrected chi connectivity index (χ3v) is 2.57. The number of halogens is 1. The molecule has 1 aliphatic carbocycles. The van der Waals surface area contributed by atoms with E-state index in [0.29, 0.717) is 12.8 Å². The van der Waals surface area contributed by atoms with E-state index in [-0.39, 0.29) is 17.4 Å². The summed E-state index contributed by atoms with van der Waals surface area (Å²) in [6, 6.07) is 0. The van der Waals surface area contributed by atoms with Crippen LogP contribution in [0, 0.1) is 0 Å². The summed E-state index contributed by atoms with van der Waals surface area (Å²) in [4.78, 5) is 15.5. The van der Waals surface area contributed by atoms with Gasteiger partial charge in [-0.05, 0) is 12.8 Å². The Morgan fingerprint density at radius 3 is 2.88 bits per heavy atom. The summed E-state index contributed by atoms with van der Waals surface area (Å²) in [7, 11) is 1.69. The van der Waals surface area contributed by atoms with E-state index in [1.807, 2.05) is 0 Å². The smallest absolute Gasteiger partial charge is 0.379 e. The number of rotatable bonds is 2. The Morgan fingerprint density at radius 2 is 2.25 bits per heavy atom. The lowest BCUT2D eigenvalue weighted by molar-refractivity contribution is 0.0576. The zero-order valence-corrected chi connectivity index (χ0v) is 9.07. The van der Waals surface area contributed by atoms with E-state index < -0.39 is 5.97 Å². The molecule has 0 radical (unpaired) electrons. The molecule has 1 aromatic rings. The first-order valence-corrected chi connectivity index (χ1v) is 5.25. The van der Waals surface area contributed by atoms with Gasteiger partial charge in [0.25, 0.3) is 0 Å². The molecule has 0 aliphatic heterocycles. The van der Waals surface area contributed by atoms with E-state index in [4.69, 9.17) is 4.74 Å². The van der Waals surface area contributed by atoms with E-state index in [9.17, 15) is 9.18 Å². The monoisotopic (exact) mass is 224 g/mol. The molecular formula is C11H13FN2O2. The molecule has 1 aliphatic rings. The minimum Gasteiger partial charge on any atom is -0.422 e. The number of aryl methyl sites for hydroxylation is 1. The van der Waals surface area contributed by atoms with Crippen molar-refractivity contribution in [2.75, 3.05) is 0 Å². The highest BCUT2D eigenvalue weighted by Crippen LogP contribution is 2.26. The van der Waals surface area contributed by atoms with Crippen molar-refractivity contribution in [2.24, 2.45) is 7.05 Å². The third kappa shape index (κ3) is 2.13. The second-order valence-corrected chi connectivity index (χ2v) is 3.79. The molecule has 0 saturated heterocycles. The van der Waals surface area contributed by atoms with Crippen LogP contribution in [0.1, 0.15) is 36.3 Å². The van der Waals surface area contributed by atoms with Crippen LogP contribution in [0.3, 0.4) is 0 Å². The Hall–Kier alpha value is -1.65. The van der Waals surface area contributed by atoms with Gasteiger partial charge >= 0.3 is 5.97 Å². The fourth-order valence-electron chi connectivity index (χ4n) is 1.67. The van der Waals surface area contributed by atoms with Crippen molar-refractivity contribution >= 4 is 5.97 Å². The number of hydrogen-bond acceptors (Lipinski definition) is 3. The van der Waals surface area contributed by atoms with E-state index >= 15 is 0 Å². The molecule has 0 spiro atoms. The van der Waals surface area contributed by atoms with Gasteiger partial charge in [0.15, 0.2) is 0 Å². The van der Waals surface area contributed by atoms with Gasteiger partial charge in [-0.25, -0.2) is 14.2 Å². The summed E-state index contributed by atoms with van der Waals surface area (Å²) in [5.41, 5.74) is 0. The van der Waals surface area contributed by atoms with Crippen molar-refractivity contribution < 1.29 is 13.9 Å². The Morgan fingerprint density at radius 1 is 1.50 bits per heavy atom. The van der Waals surface area contributed by atoms with Crippen LogP contribution in [-0.4, -0.2) is 15.5 Å². The molecule has 5 heteroatoms. The van der Waals surface area contributed by atoms with Crippen molar-refractivity contribution in [1.82, 2.24) is 9.55 Å². The topological polar surface area (TPSA) is 44.1 Å². The summed E-state index contributed by atoms with van der Waals surface area (Å²) >= 11 is 0. The molecule has 0 N–H and O–H groups in total. The maximum Gasteiger partial charge on any atom is 0.379 e. The van der Waals surface area contributed by atoms with Crippen LogP contribution in [0.2, 0.25) is 0 Å². The SMILES string of the molecule is Cn1ccnc1C(=O)OC1=C(F)CCCC1. The van der Waals surface area contributed by atoms with E-state index in [2.05, 4.69) is 4.98 Å². The highest BCUT2D eigenvalue weighted by molar-refractivity contribution is 5.86. The summed E-state index contributed by atoms with van der Waals surface area (Å²) < 4.78 is 19.9. The first-order valence-electron chi connectivity index (χ1n) is 5.25. The standard InChI is InChI=1S/C11H13FN2O2/c1-14-7-6-13-10(14)11(15)16-9-5-3-2-4-8(9)12/h6-7H,2-5H2,1H3. The summed E-state index contributed by atoms with van der Waals surface area (Å²) in [5.74, 6) is -0.557. The van der Waals surface area contributed by atoms with E-state index in [0.717, 1.165) is 12.8 Å². The highest BCUT2D eigenvalue weighted by Gasteiger charge is 2.20. The molecular weight excluding hydrogens is 211 g/mol. The lowest BCUT2D eigenvalue weighted by Crippen LogP contribution is -2.13. The lowest BCUT2D eigenvalue weighted by atomic mass is 10.1. The average molecular weight is 224 g/mol. The molecule has 0 atom stereocenters. The van der Waals surface area contributed by atoms with E-state index in [1.54, 1.807) is 17.8 Å². The van der Waals surface area contributed by atoms with Gasteiger partial charge < -0.3 is 9.30 Å². The summed E-state index contributed by atoms with van der Waals surface area (Å²) in [5, 5.41) is 0. The fraction of sp³-hybridized carbons (Fsp3) is 0.455. The van der Waals surface area contributed by atoms with Gasteiger partial charge in [-0.3, -0.25) is 0 Å². The van der Waals surface area contributed by atoms with Gasteiger partial charge in [0.2, 0.25) is 5.82 Å². The number of nitrogens with zero attached hydrogens (tertiary/aromatic N) is 2. The Bertz CT molecular complexity index is 437. The van der Waals surface area contributed by atoms with Crippen LogP contribution in [-0.2, 0) is 11.8 Å². The molecule has 2 rings (SSSR count). The minimum absolute atomic E-state index is 0.166. The minimum atomic E-state index is -0.598. The zero-order valence-electron chi connectivity index (χ0n) is 9.07. The van der Waals surface area contributed by atoms with Crippen molar-refractivity contribution in [2.45, 2.75) is 25.7 Å². The number of hydrogen-bond donors (Lipinski definition) is 0. The van der Waals surface area contributed by atoms with Crippen LogP contribution in [0.25, 0.3) is 0 Å². The maximum atomic E-state index is 13.3. The van der Waals surface area contributed by atoms with Crippen molar-refractivity contribution in [3.63, 3.8) is 0 Å². The second-order valence-electron chi connectivity index (χ2n) is 3.79. The Labute approximate surface area is 92.7 Å². The maximum absolute atomic E-state index is 13.3.